The lowest BCUT2D eigenvalue weighted by molar-refractivity contribution is 0.101. The summed E-state index contributed by atoms with van der Waals surface area (Å²) < 4.78 is 5.32. The van der Waals surface area contributed by atoms with E-state index < -0.39 is 11.7 Å². The van der Waals surface area contributed by atoms with Crippen LogP contribution in [0.1, 0.15) is 20.2 Å². The van der Waals surface area contributed by atoms with Crippen molar-refractivity contribution in [1.29, 1.82) is 0 Å². The molecular formula is C22H14BrN5O4S. The first-order valence-corrected chi connectivity index (χ1v) is 11.3. The molecule has 0 spiro atoms. The Morgan fingerprint density at radius 2 is 1.82 bits per heavy atom. The van der Waals surface area contributed by atoms with Crippen molar-refractivity contribution in [2.75, 3.05) is 10.6 Å². The lowest BCUT2D eigenvalue weighted by Gasteiger charge is -2.09. The van der Waals surface area contributed by atoms with Gasteiger partial charge in [0.15, 0.2) is 5.82 Å². The summed E-state index contributed by atoms with van der Waals surface area (Å²) in [6.07, 6.45) is 0. The Labute approximate surface area is 198 Å². The smallest absolute Gasteiger partial charge is 0.349 e. The number of rotatable bonds is 5. The molecule has 0 bridgehead atoms. The molecule has 2 amide bonds. The van der Waals surface area contributed by atoms with Gasteiger partial charge in [0.2, 0.25) is 0 Å². The Kier molecular flexibility index (Phi) is 5.40. The highest BCUT2D eigenvalue weighted by Gasteiger charge is 2.17. The molecule has 164 valence electrons. The van der Waals surface area contributed by atoms with E-state index in [-0.39, 0.29) is 11.7 Å². The van der Waals surface area contributed by atoms with Gasteiger partial charge in [-0.25, -0.2) is 4.79 Å². The van der Waals surface area contributed by atoms with Crippen molar-refractivity contribution in [3.8, 4) is 11.4 Å². The molecule has 0 saturated carbocycles. The third-order valence-electron chi connectivity index (χ3n) is 4.82. The molecule has 0 unspecified atom stereocenters. The Balaban J connectivity index is 1.44. The van der Waals surface area contributed by atoms with Gasteiger partial charge in [-0.05, 0) is 41.8 Å². The summed E-state index contributed by atoms with van der Waals surface area (Å²) in [7, 11) is 0. The molecule has 33 heavy (non-hydrogen) atoms. The second-order valence-corrected chi connectivity index (χ2v) is 8.84. The number of nitrogens with one attached hydrogen (secondary N) is 4. The van der Waals surface area contributed by atoms with E-state index >= 15 is 0 Å². The highest BCUT2D eigenvalue weighted by molar-refractivity contribution is 9.10. The van der Waals surface area contributed by atoms with Crippen molar-refractivity contribution in [2.45, 2.75) is 0 Å². The second kappa shape index (κ2) is 8.52. The van der Waals surface area contributed by atoms with Gasteiger partial charge >= 0.3 is 5.76 Å². The van der Waals surface area contributed by atoms with Crippen molar-refractivity contribution >= 4 is 61.4 Å². The van der Waals surface area contributed by atoms with Gasteiger partial charge in [0, 0.05) is 15.4 Å². The molecule has 0 aliphatic carbocycles. The molecule has 3 aromatic heterocycles. The van der Waals surface area contributed by atoms with Gasteiger partial charge in [-0.1, -0.05) is 39.3 Å². The minimum Gasteiger partial charge on any atom is -0.349 e. The number of hydrogen-bond acceptors (Lipinski definition) is 6. The zero-order valence-corrected chi connectivity index (χ0v) is 19.0. The van der Waals surface area contributed by atoms with E-state index in [1.807, 2.05) is 17.5 Å². The van der Waals surface area contributed by atoms with Gasteiger partial charge in [-0.2, -0.15) is 0 Å². The van der Waals surface area contributed by atoms with Gasteiger partial charge in [0.1, 0.15) is 5.69 Å². The van der Waals surface area contributed by atoms with E-state index in [9.17, 15) is 14.4 Å². The second-order valence-electron chi connectivity index (χ2n) is 6.97. The lowest BCUT2D eigenvalue weighted by Crippen LogP contribution is -2.13. The summed E-state index contributed by atoms with van der Waals surface area (Å²) in [5.74, 6) is -1.14. The van der Waals surface area contributed by atoms with Crippen LogP contribution in [0.4, 0.5) is 11.4 Å². The number of thiophene rings is 1. The van der Waals surface area contributed by atoms with E-state index in [2.05, 4.69) is 46.2 Å². The number of anilines is 2. The number of carbonyl (C=O) groups excluding carboxylic acids is 2. The Hall–Kier alpha value is -3.96. The van der Waals surface area contributed by atoms with E-state index in [0.717, 1.165) is 9.86 Å². The first kappa shape index (κ1) is 20.9. The van der Waals surface area contributed by atoms with Crippen molar-refractivity contribution in [2.24, 2.45) is 0 Å². The van der Waals surface area contributed by atoms with E-state index in [1.54, 1.807) is 42.5 Å². The number of nitrogens with zero attached hydrogens (tertiary/aromatic N) is 1. The van der Waals surface area contributed by atoms with Crippen molar-refractivity contribution in [3.05, 3.63) is 85.6 Å². The van der Waals surface area contributed by atoms with Crippen LogP contribution in [0.5, 0.6) is 0 Å². The normalized spacial score (nSPS) is 10.9. The van der Waals surface area contributed by atoms with Crippen LogP contribution in [0.3, 0.4) is 0 Å². The molecule has 3 heterocycles. The average Bonchev–Trinajstić information content (AvgIpc) is 3.55. The fraction of sp³-hybridized carbons (Fsp3) is 0. The number of para-hydroxylation sites is 1. The fourth-order valence-electron chi connectivity index (χ4n) is 3.33. The summed E-state index contributed by atoms with van der Waals surface area (Å²) in [5.41, 5.74) is 2.39. The summed E-state index contributed by atoms with van der Waals surface area (Å²) in [4.78, 5) is 43.0. The third-order valence-corrected chi connectivity index (χ3v) is 6.18. The minimum atomic E-state index is -0.699. The molecular weight excluding hydrogens is 510 g/mol. The number of aromatic amines is 2. The van der Waals surface area contributed by atoms with E-state index in [1.165, 1.54) is 11.3 Å². The Bertz CT molecular complexity index is 1550. The predicted octanol–water partition coefficient (Wildman–Crippen LogP) is 4.84. The number of hydrogen-bond donors (Lipinski definition) is 4. The Morgan fingerprint density at radius 1 is 0.970 bits per heavy atom. The highest BCUT2D eigenvalue weighted by Crippen LogP contribution is 2.30. The molecule has 0 atom stereocenters. The summed E-state index contributed by atoms with van der Waals surface area (Å²) in [6, 6.07) is 15.8. The van der Waals surface area contributed by atoms with Crippen molar-refractivity contribution in [1.82, 2.24) is 15.1 Å². The molecule has 5 rings (SSSR count). The third kappa shape index (κ3) is 4.23. The molecule has 0 aliphatic rings. The number of carbonyl (C=O) groups is 2. The van der Waals surface area contributed by atoms with Crippen LogP contribution in [-0.4, -0.2) is 26.9 Å². The van der Waals surface area contributed by atoms with E-state index in [0.29, 0.717) is 33.0 Å². The summed E-state index contributed by atoms with van der Waals surface area (Å²) in [5, 5.41) is 12.0. The van der Waals surface area contributed by atoms with Crippen LogP contribution < -0.4 is 16.4 Å². The maximum atomic E-state index is 13.0. The highest BCUT2D eigenvalue weighted by atomic mass is 79.9. The maximum absolute atomic E-state index is 13.0. The molecule has 0 aliphatic heterocycles. The van der Waals surface area contributed by atoms with Crippen LogP contribution in [0, 0.1) is 0 Å². The molecule has 4 N–H and O–H groups in total. The standard InChI is InChI=1S/C22H14BrN5O4S/c23-12-6-7-14(13(10-12)19-27-22(31)32-28-19)25-20(29)16-9-11-3-1-4-15(18(11)24-16)26-21(30)17-5-2-8-33-17/h1-10,24H,(H,25,29)(H,26,30)(H,27,28,31). The number of aromatic nitrogens is 3. The van der Waals surface area contributed by atoms with Gasteiger partial charge in [0.25, 0.3) is 11.8 Å². The van der Waals surface area contributed by atoms with Crippen LogP contribution in [0.2, 0.25) is 0 Å². The fourth-order valence-corrected chi connectivity index (χ4v) is 4.31. The number of H-pyrrole nitrogens is 2. The number of halogens is 1. The largest absolute Gasteiger partial charge is 0.439 e. The average molecular weight is 524 g/mol. The van der Waals surface area contributed by atoms with Crippen LogP contribution in [-0.2, 0) is 0 Å². The molecule has 0 saturated heterocycles. The molecule has 11 heteroatoms. The zero-order valence-electron chi connectivity index (χ0n) is 16.6. The lowest BCUT2D eigenvalue weighted by atomic mass is 10.1. The molecule has 0 fully saturated rings. The minimum absolute atomic E-state index is 0.187. The number of amides is 2. The van der Waals surface area contributed by atoms with E-state index in [4.69, 9.17) is 0 Å². The molecule has 5 aromatic rings. The summed E-state index contributed by atoms with van der Waals surface area (Å²) >= 11 is 4.72. The van der Waals surface area contributed by atoms with Gasteiger partial charge < -0.3 is 15.6 Å². The first-order valence-electron chi connectivity index (χ1n) is 9.62. The SMILES string of the molecule is O=C(Nc1ccc(Br)cc1-c1noc(=O)[nH]1)c1cc2cccc(NC(=O)c3cccs3)c2[nH]1. The van der Waals surface area contributed by atoms with Crippen LogP contribution >= 0.6 is 27.3 Å². The van der Waals surface area contributed by atoms with Crippen LogP contribution in [0.25, 0.3) is 22.3 Å². The topological polar surface area (TPSA) is 133 Å². The molecule has 0 radical (unpaired) electrons. The van der Waals surface area contributed by atoms with Crippen molar-refractivity contribution in [3.63, 3.8) is 0 Å². The first-order chi connectivity index (χ1) is 16.0. The van der Waals surface area contributed by atoms with Gasteiger partial charge in [-0.3, -0.25) is 19.1 Å². The Morgan fingerprint density at radius 3 is 2.58 bits per heavy atom. The predicted molar refractivity (Wildman–Crippen MR) is 129 cm³/mol. The van der Waals surface area contributed by atoms with Gasteiger partial charge in [0.05, 0.1) is 21.8 Å². The quantitative estimate of drug-likeness (QED) is 0.261. The van der Waals surface area contributed by atoms with Gasteiger partial charge in [-0.15, -0.1) is 11.3 Å². The maximum Gasteiger partial charge on any atom is 0.439 e. The van der Waals surface area contributed by atoms with Crippen molar-refractivity contribution < 1.29 is 14.1 Å². The van der Waals surface area contributed by atoms with Crippen LogP contribution in [0.15, 0.2) is 73.8 Å². The molecule has 9 nitrogen and oxygen atoms in total. The molecule has 2 aromatic carbocycles. The zero-order chi connectivity index (χ0) is 22.9. The summed E-state index contributed by atoms with van der Waals surface area (Å²) in [6.45, 7) is 0. The monoisotopic (exact) mass is 523 g/mol. The number of benzene rings is 2. The number of fused-ring (bicyclic) bond motifs is 1.